The number of aromatic nitrogens is 1. The smallest absolute Gasteiger partial charge is 0.337 e. The molecule has 1 aromatic heterocycles. The van der Waals surface area contributed by atoms with Crippen LogP contribution in [-0.4, -0.2) is 16.1 Å². The van der Waals surface area contributed by atoms with Crippen molar-refractivity contribution in [1.29, 1.82) is 0 Å². The highest BCUT2D eigenvalue weighted by atomic mass is 35.5. The summed E-state index contributed by atoms with van der Waals surface area (Å²) in [6.07, 6.45) is 2.10. The molecule has 0 aliphatic carbocycles. The number of carboxylic acids is 1. The van der Waals surface area contributed by atoms with Crippen LogP contribution in [0.5, 0.6) is 0 Å². The van der Waals surface area contributed by atoms with Crippen molar-refractivity contribution in [1.82, 2.24) is 4.98 Å². The van der Waals surface area contributed by atoms with Crippen LogP contribution in [0.15, 0.2) is 12.3 Å². The average Bonchev–Trinajstić information content (AvgIpc) is 2.04. The van der Waals surface area contributed by atoms with Crippen molar-refractivity contribution in [2.45, 2.75) is 13.3 Å². The van der Waals surface area contributed by atoms with E-state index in [1.54, 1.807) is 0 Å². The molecular formula is C8H11ClN2O2. The molecule has 0 aromatic carbocycles. The number of halogens is 1. The van der Waals surface area contributed by atoms with Gasteiger partial charge in [-0.2, -0.15) is 0 Å². The summed E-state index contributed by atoms with van der Waals surface area (Å²) in [6.45, 7) is 1.88. The number of carbonyl (C=O) groups is 1. The van der Waals surface area contributed by atoms with Crippen LogP contribution in [0.3, 0.4) is 0 Å². The Balaban J connectivity index is 0.00000144. The minimum absolute atomic E-state index is 0. The zero-order valence-corrected chi connectivity index (χ0v) is 7.97. The minimum Gasteiger partial charge on any atom is -0.478 e. The van der Waals surface area contributed by atoms with Gasteiger partial charge in [-0.1, -0.05) is 6.92 Å². The van der Waals surface area contributed by atoms with E-state index in [4.69, 9.17) is 10.8 Å². The third-order valence-corrected chi connectivity index (χ3v) is 1.64. The average molecular weight is 203 g/mol. The molecule has 0 atom stereocenters. The molecule has 1 rings (SSSR count). The van der Waals surface area contributed by atoms with Crippen molar-refractivity contribution in [2.75, 3.05) is 5.73 Å². The van der Waals surface area contributed by atoms with E-state index in [0.29, 0.717) is 12.1 Å². The van der Waals surface area contributed by atoms with Crippen LogP contribution in [0.1, 0.15) is 23.0 Å². The number of nitrogens with zero attached hydrogens (tertiary/aromatic N) is 1. The van der Waals surface area contributed by atoms with Gasteiger partial charge in [0.15, 0.2) is 0 Å². The van der Waals surface area contributed by atoms with Gasteiger partial charge >= 0.3 is 5.97 Å². The third-order valence-electron chi connectivity index (χ3n) is 1.64. The van der Waals surface area contributed by atoms with Crippen LogP contribution in [0, 0.1) is 0 Å². The highest BCUT2D eigenvalue weighted by Crippen LogP contribution is 2.14. The van der Waals surface area contributed by atoms with E-state index < -0.39 is 5.97 Å². The SMILES string of the molecule is CCc1nccc(C(=O)O)c1N.Cl. The predicted molar refractivity (Wildman–Crippen MR) is 52.2 cm³/mol. The van der Waals surface area contributed by atoms with Crippen LogP contribution in [0.2, 0.25) is 0 Å². The molecule has 0 saturated heterocycles. The first-order valence-corrected chi connectivity index (χ1v) is 3.63. The predicted octanol–water partition coefficient (Wildman–Crippen LogP) is 1.35. The maximum absolute atomic E-state index is 10.6. The van der Waals surface area contributed by atoms with Gasteiger partial charge in [0, 0.05) is 6.20 Å². The molecule has 0 radical (unpaired) electrons. The molecule has 0 fully saturated rings. The number of aromatic carboxylic acids is 1. The number of nitrogen functional groups attached to an aromatic ring is 1. The van der Waals surface area contributed by atoms with Gasteiger partial charge in [-0.15, -0.1) is 12.4 Å². The number of carboxylic acid groups (broad SMARTS) is 1. The van der Waals surface area contributed by atoms with Crippen molar-refractivity contribution in [3.05, 3.63) is 23.5 Å². The molecule has 72 valence electrons. The van der Waals surface area contributed by atoms with Crippen LogP contribution in [0.4, 0.5) is 5.69 Å². The molecule has 5 heteroatoms. The van der Waals surface area contributed by atoms with Crippen molar-refractivity contribution >= 4 is 24.1 Å². The second kappa shape index (κ2) is 4.67. The van der Waals surface area contributed by atoms with Gasteiger partial charge in [-0.05, 0) is 12.5 Å². The molecule has 0 spiro atoms. The molecule has 3 N–H and O–H groups in total. The zero-order chi connectivity index (χ0) is 9.14. The highest BCUT2D eigenvalue weighted by molar-refractivity contribution is 5.93. The van der Waals surface area contributed by atoms with E-state index in [9.17, 15) is 4.79 Å². The van der Waals surface area contributed by atoms with E-state index in [-0.39, 0.29) is 23.7 Å². The number of rotatable bonds is 2. The quantitative estimate of drug-likeness (QED) is 0.759. The lowest BCUT2D eigenvalue weighted by atomic mass is 10.1. The van der Waals surface area contributed by atoms with E-state index in [1.807, 2.05) is 6.92 Å². The Morgan fingerprint density at radius 1 is 1.69 bits per heavy atom. The van der Waals surface area contributed by atoms with Gasteiger partial charge in [-0.3, -0.25) is 4.98 Å². The normalized spacial score (nSPS) is 9.00. The Bertz CT molecular complexity index is 315. The number of aryl methyl sites for hydroxylation is 1. The summed E-state index contributed by atoms with van der Waals surface area (Å²) >= 11 is 0. The van der Waals surface area contributed by atoms with Gasteiger partial charge in [-0.25, -0.2) is 4.79 Å². The van der Waals surface area contributed by atoms with E-state index in [0.717, 1.165) is 0 Å². The molecule has 0 unspecified atom stereocenters. The molecule has 0 bridgehead atoms. The van der Waals surface area contributed by atoms with Gasteiger partial charge < -0.3 is 10.8 Å². The fourth-order valence-electron chi connectivity index (χ4n) is 0.985. The molecule has 0 aliphatic heterocycles. The monoisotopic (exact) mass is 202 g/mol. The minimum atomic E-state index is -1.01. The molecule has 13 heavy (non-hydrogen) atoms. The van der Waals surface area contributed by atoms with E-state index in [1.165, 1.54) is 12.3 Å². The van der Waals surface area contributed by atoms with Crippen LogP contribution < -0.4 is 5.73 Å². The summed E-state index contributed by atoms with van der Waals surface area (Å²) in [5, 5.41) is 8.68. The fraction of sp³-hybridized carbons (Fsp3) is 0.250. The van der Waals surface area contributed by atoms with Crippen LogP contribution >= 0.6 is 12.4 Å². The van der Waals surface area contributed by atoms with Crippen molar-refractivity contribution in [2.24, 2.45) is 0 Å². The Morgan fingerprint density at radius 2 is 2.31 bits per heavy atom. The van der Waals surface area contributed by atoms with Crippen LogP contribution in [-0.2, 0) is 6.42 Å². The Morgan fingerprint density at radius 3 is 2.77 bits per heavy atom. The lowest BCUT2D eigenvalue weighted by molar-refractivity contribution is 0.0698. The summed E-state index contributed by atoms with van der Waals surface area (Å²) in [7, 11) is 0. The summed E-state index contributed by atoms with van der Waals surface area (Å²) in [6, 6.07) is 1.40. The molecular weight excluding hydrogens is 192 g/mol. The first-order chi connectivity index (χ1) is 5.66. The lowest BCUT2D eigenvalue weighted by Crippen LogP contribution is -2.06. The highest BCUT2D eigenvalue weighted by Gasteiger charge is 2.10. The Labute approximate surface area is 82.2 Å². The second-order valence-electron chi connectivity index (χ2n) is 2.38. The maximum Gasteiger partial charge on any atom is 0.337 e. The largest absolute Gasteiger partial charge is 0.478 e. The summed E-state index contributed by atoms with van der Waals surface area (Å²) in [5.74, 6) is -1.01. The number of hydrogen-bond acceptors (Lipinski definition) is 3. The third kappa shape index (κ3) is 2.32. The maximum atomic E-state index is 10.6. The Kier molecular flexibility index (Phi) is 4.20. The van der Waals surface area contributed by atoms with Crippen molar-refractivity contribution < 1.29 is 9.90 Å². The fourth-order valence-corrected chi connectivity index (χ4v) is 0.985. The summed E-state index contributed by atoms with van der Waals surface area (Å²) in [5.41, 5.74) is 6.58. The van der Waals surface area contributed by atoms with Gasteiger partial charge in [0.2, 0.25) is 0 Å². The van der Waals surface area contributed by atoms with Gasteiger partial charge in [0.25, 0.3) is 0 Å². The van der Waals surface area contributed by atoms with E-state index in [2.05, 4.69) is 4.98 Å². The standard InChI is InChI=1S/C8H10N2O2.ClH/c1-2-6-7(9)5(8(11)12)3-4-10-6;/h3-4H,2,9H2,1H3,(H,11,12);1H. The van der Waals surface area contributed by atoms with Gasteiger partial charge in [0.05, 0.1) is 16.9 Å². The van der Waals surface area contributed by atoms with Gasteiger partial charge in [0.1, 0.15) is 0 Å². The number of pyridine rings is 1. The topological polar surface area (TPSA) is 76.2 Å². The molecule has 1 heterocycles. The first-order valence-electron chi connectivity index (χ1n) is 3.63. The zero-order valence-electron chi connectivity index (χ0n) is 7.15. The number of hydrogen-bond donors (Lipinski definition) is 2. The summed E-state index contributed by atoms with van der Waals surface area (Å²) in [4.78, 5) is 14.5. The molecule has 4 nitrogen and oxygen atoms in total. The molecule has 0 aliphatic rings. The van der Waals surface area contributed by atoms with E-state index >= 15 is 0 Å². The molecule has 0 saturated carbocycles. The molecule has 1 aromatic rings. The van der Waals surface area contributed by atoms with Crippen molar-refractivity contribution in [3.63, 3.8) is 0 Å². The molecule has 0 amide bonds. The Hall–Kier alpha value is -1.29. The first kappa shape index (κ1) is 11.7. The number of nitrogens with two attached hydrogens (primary N) is 1. The lowest BCUT2D eigenvalue weighted by Gasteiger charge is -2.03. The van der Waals surface area contributed by atoms with Crippen LogP contribution in [0.25, 0.3) is 0 Å². The summed E-state index contributed by atoms with van der Waals surface area (Å²) < 4.78 is 0. The van der Waals surface area contributed by atoms with Crippen molar-refractivity contribution in [3.8, 4) is 0 Å². The number of anilines is 1. The second-order valence-corrected chi connectivity index (χ2v) is 2.38.